The Morgan fingerprint density at radius 3 is 2.86 bits per heavy atom. The molecule has 1 aliphatic heterocycles. The van der Waals surface area contributed by atoms with Crippen LogP contribution in [0.3, 0.4) is 0 Å². The first kappa shape index (κ1) is 17.8. The summed E-state index contributed by atoms with van der Waals surface area (Å²) in [5.41, 5.74) is 1.87. The smallest absolute Gasteiger partial charge is 0.249 e. The zero-order chi connectivity index (χ0) is 18.9. The standard InChI is InChI=1S/C21H19ClN4OS/c22-16-8-2-1-7-15(16)20-25-24-19(27-20)13-26-11-5-6-14(12-26)21-23-17-9-3-4-10-18(17)28-21/h1-4,7-10,14H,5-6,11-13H2/t14-/m0/s1. The maximum atomic E-state index is 6.24. The summed E-state index contributed by atoms with van der Waals surface area (Å²) in [5, 5.41) is 10.3. The maximum absolute atomic E-state index is 6.24. The molecule has 0 radical (unpaired) electrons. The van der Waals surface area contributed by atoms with E-state index in [4.69, 9.17) is 21.0 Å². The van der Waals surface area contributed by atoms with Crippen molar-refractivity contribution in [3.8, 4) is 11.5 Å². The van der Waals surface area contributed by atoms with Gasteiger partial charge in [-0.25, -0.2) is 4.98 Å². The van der Waals surface area contributed by atoms with Crippen LogP contribution in [0.2, 0.25) is 5.02 Å². The first-order valence-electron chi connectivity index (χ1n) is 9.41. The Balaban J connectivity index is 1.30. The normalized spacial score (nSPS) is 18.0. The Hall–Kier alpha value is -2.28. The highest BCUT2D eigenvalue weighted by Gasteiger charge is 2.25. The molecule has 1 saturated heterocycles. The van der Waals surface area contributed by atoms with Gasteiger partial charge in [0.05, 0.1) is 32.4 Å². The molecule has 2 aromatic carbocycles. The lowest BCUT2D eigenvalue weighted by molar-refractivity contribution is 0.184. The van der Waals surface area contributed by atoms with Crippen LogP contribution in [-0.4, -0.2) is 33.2 Å². The van der Waals surface area contributed by atoms with Crippen molar-refractivity contribution < 1.29 is 4.42 Å². The number of para-hydroxylation sites is 1. The van der Waals surface area contributed by atoms with Gasteiger partial charge in [-0.2, -0.15) is 0 Å². The Bertz CT molecular complexity index is 1080. The van der Waals surface area contributed by atoms with E-state index in [0.717, 1.165) is 30.6 Å². The highest BCUT2D eigenvalue weighted by Crippen LogP contribution is 2.33. The van der Waals surface area contributed by atoms with E-state index < -0.39 is 0 Å². The van der Waals surface area contributed by atoms with E-state index in [1.807, 2.05) is 41.7 Å². The first-order valence-corrected chi connectivity index (χ1v) is 10.6. The molecule has 2 aromatic heterocycles. The van der Waals surface area contributed by atoms with Gasteiger partial charge >= 0.3 is 0 Å². The molecule has 0 N–H and O–H groups in total. The van der Waals surface area contributed by atoms with Crippen LogP contribution in [-0.2, 0) is 6.54 Å². The van der Waals surface area contributed by atoms with Gasteiger partial charge in [0.1, 0.15) is 0 Å². The number of halogens is 1. The van der Waals surface area contributed by atoms with Crippen LogP contribution in [0.5, 0.6) is 0 Å². The van der Waals surface area contributed by atoms with Gasteiger partial charge in [0.15, 0.2) is 0 Å². The molecule has 0 aliphatic carbocycles. The van der Waals surface area contributed by atoms with Gasteiger partial charge in [-0.3, -0.25) is 4.90 Å². The fourth-order valence-electron chi connectivity index (χ4n) is 3.72. The molecule has 0 unspecified atom stereocenters. The van der Waals surface area contributed by atoms with E-state index in [-0.39, 0.29) is 0 Å². The zero-order valence-electron chi connectivity index (χ0n) is 15.2. The number of aromatic nitrogens is 3. The summed E-state index contributed by atoms with van der Waals surface area (Å²) in [7, 11) is 0. The average molecular weight is 411 g/mol. The molecule has 0 saturated carbocycles. The number of fused-ring (bicyclic) bond motifs is 1. The molecule has 7 heteroatoms. The minimum atomic E-state index is 0.456. The number of hydrogen-bond acceptors (Lipinski definition) is 6. The number of rotatable bonds is 4. The van der Waals surface area contributed by atoms with Crippen molar-refractivity contribution in [1.29, 1.82) is 0 Å². The van der Waals surface area contributed by atoms with E-state index in [1.165, 1.54) is 16.1 Å². The van der Waals surface area contributed by atoms with Crippen molar-refractivity contribution in [1.82, 2.24) is 20.1 Å². The summed E-state index contributed by atoms with van der Waals surface area (Å²) in [5.74, 6) is 1.55. The van der Waals surface area contributed by atoms with Gasteiger partial charge in [0.2, 0.25) is 11.8 Å². The van der Waals surface area contributed by atoms with Crippen LogP contribution in [0, 0.1) is 0 Å². The van der Waals surface area contributed by atoms with Crippen molar-refractivity contribution in [3.63, 3.8) is 0 Å². The number of piperidine rings is 1. The van der Waals surface area contributed by atoms with Gasteiger partial charge in [0, 0.05) is 12.5 Å². The van der Waals surface area contributed by atoms with Crippen LogP contribution in [0.1, 0.15) is 29.7 Å². The van der Waals surface area contributed by atoms with Crippen molar-refractivity contribution in [2.75, 3.05) is 13.1 Å². The molecule has 1 aliphatic rings. The van der Waals surface area contributed by atoms with Gasteiger partial charge in [0.25, 0.3) is 0 Å². The number of hydrogen-bond donors (Lipinski definition) is 0. The molecular formula is C21H19ClN4OS. The number of thiazole rings is 1. The monoisotopic (exact) mass is 410 g/mol. The summed E-state index contributed by atoms with van der Waals surface area (Å²) in [6.45, 7) is 2.65. The topological polar surface area (TPSA) is 55.1 Å². The molecule has 0 bridgehead atoms. The predicted octanol–water partition coefficient (Wildman–Crippen LogP) is 5.38. The summed E-state index contributed by atoms with van der Waals surface area (Å²) in [4.78, 5) is 7.24. The van der Waals surface area contributed by atoms with Crippen LogP contribution >= 0.6 is 22.9 Å². The third-order valence-electron chi connectivity index (χ3n) is 5.10. The number of likely N-dealkylation sites (tertiary alicyclic amines) is 1. The van der Waals surface area contributed by atoms with E-state index in [2.05, 4.69) is 33.3 Å². The number of nitrogens with zero attached hydrogens (tertiary/aromatic N) is 4. The third kappa shape index (κ3) is 3.55. The Morgan fingerprint density at radius 2 is 1.96 bits per heavy atom. The molecule has 1 fully saturated rings. The molecule has 4 aromatic rings. The van der Waals surface area contributed by atoms with E-state index >= 15 is 0 Å². The lowest BCUT2D eigenvalue weighted by Gasteiger charge is -2.30. The van der Waals surface area contributed by atoms with Gasteiger partial charge in [-0.15, -0.1) is 21.5 Å². The highest BCUT2D eigenvalue weighted by molar-refractivity contribution is 7.18. The fourth-order valence-corrected chi connectivity index (χ4v) is 5.03. The second-order valence-corrected chi connectivity index (χ2v) is 8.54. The van der Waals surface area contributed by atoms with E-state index in [9.17, 15) is 0 Å². The molecule has 142 valence electrons. The average Bonchev–Trinajstić information content (AvgIpc) is 3.35. The van der Waals surface area contributed by atoms with Gasteiger partial charge < -0.3 is 4.42 Å². The van der Waals surface area contributed by atoms with Crippen molar-refractivity contribution >= 4 is 33.2 Å². The third-order valence-corrected chi connectivity index (χ3v) is 6.62. The zero-order valence-corrected chi connectivity index (χ0v) is 16.8. The Morgan fingerprint density at radius 1 is 1.11 bits per heavy atom. The van der Waals surface area contributed by atoms with E-state index in [0.29, 0.717) is 29.3 Å². The number of benzene rings is 2. The lowest BCUT2D eigenvalue weighted by Crippen LogP contribution is -2.33. The molecular weight excluding hydrogens is 392 g/mol. The molecule has 5 nitrogen and oxygen atoms in total. The SMILES string of the molecule is Clc1ccccc1-c1nnc(CN2CCC[C@H](c3nc4ccccc4s3)C2)o1. The summed E-state index contributed by atoms with van der Waals surface area (Å²) in [6.07, 6.45) is 2.32. The molecule has 5 rings (SSSR count). The molecule has 3 heterocycles. The molecule has 0 spiro atoms. The van der Waals surface area contributed by atoms with E-state index in [1.54, 1.807) is 0 Å². The predicted molar refractivity (Wildman–Crippen MR) is 112 cm³/mol. The van der Waals surface area contributed by atoms with Gasteiger partial charge in [-0.05, 0) is 43.7 Å². The molecule has 0 amide bonds. The van der Waals surface area contributed by atoms with Gasteiger partial charge in [-0.1, -0.05) is 35.9 Å². The second-order valence-electron chi connectivity index (χ2n) is 7.07. The fraction of sp³-hybridized carbons (Fsp3) is 0.286. The molecule has 28 heavy (non-hydrogen) atoms. The highest BCUT2D eigenvalue weighted by atomic mass is 35.5. The summed E-state index contributed by atoms with van der Waals surface area (Å²) >= 11 is 8.05. The van der Waals surface area contributed by atoms with Crippen molar-refractivity contribution in [3.05, 3.63) is 64.5 Å². The summed E-state index contributed by atoms with van der Waals surface area (Å²) < 4.78 is 7.14. The quantitative estimate of drug-likeness (QED) is 0.452. The largest absolute Gasteiger partial charge is 0.419 e. The Kier molecular flexibility index (Phi) is 4.84. The molecule has 1 atom stereocenters. The second kappa shape index (κ2) is 7.62. The summed E-state index contributed by atoms with van der Waals surface area (Å²) in [6, 6.07) is 15.9. The van der Waals surface area contributed by atoms with Crippen LogP contribution in [0.25, 0.3) is 21.7 Å². The lowest BCUT2D eigenvalue weighted by atomic mass is 9.99. The van der Waals surface area contributed by atoms with Crippen molar-refractivity contribution in [2.45, 2.75) is 25.3 Å². The maximum Gasteiger partial charge on any atom is 0.249 e. The van der Waals surface area contributed by atoms with Crippen LogP contribution in [0.4, 0.5) is 0 Å². The minimum Gasteiger partial charge on any atom is -0.419 e. The first-order chi connectivity index (χ1) is 13.8. The Labute approximate surface area is 172 Å². The van der Waals surface area contributed by atoms with Crippen LogP contribution < -0.4 is 0 Å². The van der Waals surface area contributed by atoms with Crippen LogP contribution in [0.15, 0.2) is 52.9 Å². The van der Waals surface area contributed by atoms with Crippen molar-refractivity contribution in [2.24, 2.45) is 0 Å². The minimum absolute atomic E-state index is 0.456.